The number of rotatable bonds is 5. The summed E-state index contributed by atoms with van der Waals surface area (Å²) in [5.74, 6) is 2.21. The summed E-state index contributed by atoms with van der Waals surface area (Å²) < 4.78 is 12.9. The second-order valence-corrected chi connectivity index (χ2v) is 4.96. The minimum atomic E-state index is 0.0607. The number of aromatic nitrogens is 2. The molecule has 1 unspecified atom stereocenters. The van der Waals surface area contributed by atoms with Crippen molar-refractivity contribution in [2.45, 2.75) is 26.3 Å². The van der Waals surface area contributed by atoms with Gasteiger partial charge in [-0.3, -0.25) is 0 Å². The first-order valence-corrected chi connectivity index (χ1v) is 6.61. The molecule has 0 spiro atoms. The smallest absolute Gasteiger partial charge is 0.221 e. The predicted molar refractivity (Wildman–Crippen MR) is 78.4 cm³/mol. The summed E-state index contributed by atoms with van der Waals surface area (Å²) >= 11 is 0. The first-order chi connectivity index (χ1) is 9.51. The molecule has 20 heavy (non-hydrogen) atoms. The monoisotopic (exact) mass is 275 g/mol. The van der Waals surface area contributed by atoms with E-state index >= 15 is 0 Å². The van der Waals surface area contributed by atoms with Gasteiger partial charge in [0.1, 0.15) is 11.5 Å². The van der Waals surface area contributed by atoms with Crippen LogP contribution >= 0.6 is 0 Å². The van der Waals surface area contributed by atoms with Crippen molar-refractivity contribution in [1.82, 2.24) is 9.78 Å². The molecular formula is C15H21N3O2. The second kappa shape index (κ2) is 5.96. The van der Waals surface area contributed by atoms with Gasteiger partial charge in [0, 0.05) is 24.7 Å². The molecule has 1 aromatic heterocycles. The van der Waals surface area contributed by atoms with Crippen LogP contribution in [0.4, 0.5) is 0 Å². The van der Waals surface area contributed by atoms with Crippen LogP contribution in [-0.4, -0.2) is 22.9 Å². The zero-order valence-corrected chi connectivity index (χ0v) is 12.4. The number of aryl methyl sites for hydroxylation is 2. The standard InChI is InChI=1S/C15H21N3O2/c1-10(16)8-14-11(2)17-18(3)15(14)20-13-7-5-6-12(9-13)19-4/h5-7,9-10H,8,16H2,1-4H3. The molecule has 1 heterocycles. The molecule has 0 bridgehead atoms. The molecule has 108 valence electrons. The molecule has 0 radical (unpaired) electrons. The summed E-state index contributed by atoms with van der Waals surface area (Å²) in [5, 5.41) is 4.41. The van der Waals surface area contributed by atoms with E-state index in [9.17, 15) is 0 Å². The van der Waals surface area contributed by atoms with Crippen LogP contribution in [0.5, 0.6) is 17.4 Å². The Balaban J connectivity index is 2.32. The summed E-state index contributed by atoms with van der Waals surface area (Å²) in [6.07, 6.45) is 0.735. The molecule has 5 nitrogen and oxygen atoms in total. The Labute approximate surface area is 119 Å². The molecule has 2 rings (SSSR count). The molecular weight excluding hydrogens is 254 g/mol. The third-order valence-electron chi connectivity index (χ3n) is 3.07. The van der Waals surface area contributed by atoms with Crippen molar-refractivity contribution in [1.29, 1.82) is 0 Å². The van der Waals surface area contributed by atoms with Crippen molar-refractivity contribution >= 4 is 0 Å². The first-order valence-electron chi connectivity index (χ1n) is 6.61. The van der Waals surface area contributed by atoms with Crippen LogP contribution in [0.15, 0.2) is 24.3 Å². The fraction of sp³-hybridized carbons (Fsp3) is 0.400. The van der Waals surface area contributed by atoms with Gasteiger partial charge in [-0.2, -0.15) is 5.10 Å². The predicted octanol–water partition coefficient (Wildman–Crippen LogP) is 2.42. The molecule has 0 aliphatic carbocycles. The number of hydrogen-bond acceptors (Lipinski definition) is 4. The van der Waals surface area contributed by atoms with E-state index in [-0.39, 0.29) is 6.04 Å². The molecule has 0 aliphatic rings. The maximum Gasteiger partial charge on any atom is 0.221 e. The van der Waals surface area contributed by atoms with E-state index < -0.39 is 0 Å². The summed E-state index contributed by atoms with van der Waals surface area (Å²) in [6.45, 7) is 3.94. The molecule has 0 fully saturated rings. The van der Waals surface area contributed by atoms with Gasteiger partial charge in [-0.25, -0.2) is 4.68 Å². The lowest BCUT2D eigenvalue weighted by molar-refractivity contribution is 0.400. The summed E-state index contributed by atoms with van der Waals surface area (Å²) in [6, 6.07) is 7.57. The van der Waals surface area contributed by atoms with Crippen LogP contribution < -0.4 is 15.2 Å². The highest BCUT2D eigenvalue weighted by Crippen LogP contribution is 2.29. The van der Waals surface area contributed by atoms with E-state index in [1.54, 1.807) is 11.8 Å². The van der Waals surface area contributed by atoms with Crippen molar-refractivity contribution in [3.8, 4) is 17.4 Å². The third-order valence-corrected chi connectivity index (χ3v) is 3.07. The van der Waals surface area contributed by atoms with Gasteiger partial charge < -0.3 is 15.2 Å². The highest BCUT2D eigenvalue weighted by Gasteiger charge is 2.16. The molecule has 1 atom stereocenters. The summed E-state index contributed by atoms with van der Waals surface area (Å²) in [5.41, 5.74) is 7.89. The van der Waals surface area contributed by atoms with E-state index in [2.05, 4.69) is 5.10 Å². The first kappa shape index (κ1) is 14.4. The SMILES string of the molecule is COc1cccc(Oc2c(CC(C)N)c(C)nn2C)c1. The lowest BCUT2D eigenvalue weighted by Gasteiger charge is -2.11. The largest absolute Gasteiger partial charge is 0.497 e. The van der Waals surface area contributed by atoms with Gasteiger partial charge in [0.25, 0.3) is 0 Å². The van der Waals surface area contributed by atoms with Crippen LogP contribution in [0.1, 0.15) is 18.2 Å². The number of nitrogens with two attached hydrogens (primary N) is 1. The van der Waals surface area contributed by atoms with Gasteiger partial charge in [0.05, 0.1) is 12.8 Å². The maximum atomic E-state index is 5.97. The molecule has 0 amide bonds. The quantitative estimate of drug-likeness (QED) is 0.910. The van der Waals surface area contributed by atoms with E-state index in [4.69, 9.17) is 15.2 Å². The molecule has 5 heteroatoms. The molecule has 0 saturated heterocycles. The highest BCUT2D eigenvalue weighted by atomic mass is 16.5. The van der Waals surface area contributed by atoms with Crippen LogP contribution in [0.2, 0.25) is 0 Å². The van der Waals surface area contributed by atoms with Crippen LogP contribution in [0.25, 0.3) is 0 Å². The van der Waals surface area contributed by atoms with E-state index in [1.165, 1.54) is 0 Å². The Morgan fingerprint density at radius 2 is 2.05 bits per heavy atom. The van der Waals surface area contributed by atoms with Crippen molar-refractivity contribution in [2.24, 2.45) is 12.8 Å². The number of hydrogen-bond donors (Lipinski definition) is 1. The maximum absolute atomic E-state index is 5.97. The Hall–Kier alpha value is -2.01. The van der Waals surface area contributed by atoms with Crippen molar-refractivity contribution in [2.75, 3.05) is 7.11 Å². The van der Waals surface area contributed by atoms with Crippen molar-refractivity contribution in [3.05, 3.63) is 35.5 Å². The van der Waals surface area contributed by atoms with Gasteiger partial charge in [-0.1, -0.05) is 6.07 Å². The lowest BCUT2D eigenvalue weighted by atomic mass is 10.1. The average molecular weight is 275 g/mol. The van der Waals surface area contributed by atoms with Gasteiger partial charge in [-0.15, -0.1) is 0 Å². The highest BCUT2D eigenvalue weighted by molar-refractivity contribution is 5.39. The Morgan fingerprint density at radius 3 is 2.70 bits per heavy atom. The Morgan fingerprint density at radius 1 is 1.35 bits per heavy atom. The van der Waals surface area contributed by atoms with Crippen molar-refractivity contribution < 1.29 is 9.47 Å². The van der Waals surface area contributed by atoms with E-state index in [0.29, 0.717) is 0 Å². The van der Waals surface area contributed by atoms with E-state index in [1.807, 2.05) is 45.2 Å². The normalized spacial score (nSPS) is 12.2. The third kappa shape index (κ3) is 3.11. The number of benzene rings is 1. The topological polar surface area (TPSA) is 62.3 Å². The Kier molecular flexibility index (Phi) is 4.29. The number of ether oxygens (including phenoxy) is 2. The van der Waals surface area contributed by atoms with E-state index in [0.717, 1.165) is 35.1 Å². The lowest BCUT2D eigenvalue weighted by Crippen LogP contribution is -2.18. The zero-order chi connectivity index (χ0) is 14.7. The fourth-order valence-corrected chi connectivity index (χ4v) is 2.14. The van der Waals surface area contributed by atoms with Gasteiger partial charge >= 0.3 is 0 Å². The van der Waals surface area contributed by atoms with Crippen molar-refractivity contribution in [3.63, 3.8) is 0 Å². The molecule has 2 N–H and O–H groups in total. The molecule has 2 aromatic rings. The van der Waals surface area contributed by atoms with Crippen LogP contribution in [-0.2, 0) is 13.5 Å². The van der Waals surface area contributed by atoms with Crippen LogP contribution in [0.3, 0.4) is 0 Å². The Bertz CT molecular complexity index is 591. The minimum Gasteiger partial charge on any atom is -0.497 e. The molecule has 1 aromatic carbocycles. The molecule has 0 aliphatic heterocycles. The minimum absolute atomic E-state index is 0.0607. The summed E-state index contributed by atoms with van der Waals surface area (Å²) in [4.78, 5) is 0. The fourth-order valence-electron chi connectivity index (χ4n) is 2.14. The zero-order valence-electron chi connectivity index (χ0n) is 12.4. The van der Waals surface area contributed by atoms with Crippen LogP contribution in [0, 0.1) is 6.92 Å². The summed E-state index contributed by atoms with van der Waals surface area (Å²) in [7, 11) is 3.50. The molecule has 0 saturated carbocycles. The average Bonchev–Trinajstić information content (AvgIpc) is 2.65. The van der Waals surface area contributed by atoms with Gasteiger partial charge in [-0.05, 0) is 32.4 Å². The number of nitrogens with zero attached hydrogens (tertiary/aromatic N) is 2. The van der Waals surface area contributed by atoms with Gasteiger partial charge in [0.2, 0.25) is 5.88 Å². The van der Waals surface area contributed by atoms with Gasteiger partial charge in [0.15, 0.2) is 0 Å². The number of methoxy groups -OCH3 is 1. The second-order valence-electron chi connectivity index (χ2n) is 4.96.